The van der Waals surface area contributed by atoms with Crippen LogP contribution in [0.2, 0.25) is 0 Å². The summed E-state index contributed by atoms with van der Waals surface area (Å²) >= 11 is 0. The highest BCUT2D eigenvalue weighted by molar-refractivity contribution is 5.33. The van der Waals surface area contributed by atoms with Crippen molar-refractivity contribution in [2.24, 2.45) is 5.73 Å². The molecule has 0 amide bonds. The number of benzene rings is 1. The average molecular weight is 292 g/mol. The number of rotatable bonds is 4. The molecule has 2 fully saturated rings. The fraction of sp³-hybridized carbons (Fsp3) is 0.625. The van der Waals surface area contributed by atoms with Gasteiger partial charge in [0.05, 0.1) is 13.2 Å². The highest BCUT2D eigenvalue weighted by Crippen LogP contribution is 2.31. The first-order chi connectivity index (χ1) is 10.2. The fourth-order valence-corrected chi connectivity index (χ4v) is 3.51. The Hall–Kier alpha value is -1.30. The lowest BCUT2D eigenvalue weighted by molar-refractivity contribution is 0.0150. The van der Waals surface area contributed by atoms with Crippen LogP contribution in [0.4, 0.5) is 0 Å². The summed E-state index contributed by atoms with van der Waals surface area (Å²) in [5, 5.41) is 10.6. The van der Waals surface area contributed by atoms with Gasteiger partial charge in [-0.1, -0.05) is 6.07 Å². The lowest BCUT2D eigenvalue weighted by atomic mass is 10.1. The minimum atomic E-state index is -0.538. The second kappa shape index (κ2) is 6.22. The van der Waals surface area contributed by atoms with E-state index in [4.69, 9.17) is 15.2 Å². The van der Waals surface area contributed by atoms with E-state index in [9.17, 15) is 5.11 Å². The second-order valence-electron chi connectivity index (χ2n) is 5.96. The lowest BCUT2D eigenvalue weighted by Gasteiger charge is -2.30. The Morgan fingerprint density at radius 2 is 1.95 bits per heavy atom. The van der Waals surface area contributed by atoms with Crippen LogP contribution in [0.3, 0.4) is 0 Å². The predicted molar refractivity (Wildman–Crippen MR) is 80.6 cm³/mol. The van der Waals surface area contributed by atoms with Crippen LogP contribution >= 0.6 is 0 Å². The van der Waals surface area contributed by atoms with Crippen molar-refractivity contribution in [3.8, 4) is 11.5 Å². The van der Waals surface area contributed by atoms with Gasteiger partial charge in [0.2, 0.25) is 0 Å². The molecule has 0 unspecified atom stereocenters. The lowest BCUT2D eigenvalue weighted by Crippen LogP contribution is -2.49. The van der Waals surface area contributed by atoms with Crippen LogP contribution in [0, 0.1) is 0 Å². The largest absolute Gasteiger partial charge is 0.497 e. The van der Waals surface area contributed by atoms with Crippen LogP contribution < -0.4 is 15.2 Å². The van der Waals surface area contributed by atoms with Gasteiger partial charge in [-0.25, -0.2) is 0 Å². The van der Waals surface area contributed by atoms with Crippen LogP contribution in [-0.4, -0.2) is 54.5 Å². The summed E-state index contributed by atoms with van der Waals surface area (Å²) in [7, 11) is 1.63. The number of nitrogens with zero attached hydrogens (tertiary/aromatic N) is 1. The van der Waals surface area contributed by atoms with Crippen molar-refractivity contribution < 1.29 is 14.6 Å². The first-order valence-electron chi connectivity index (χ1n) is 7.67. The van der Waals surface area contributed by atoms with Crippen molar-refractivity contribution in [3.05, 3.63) is 24.3 Å². The van der Waals surface area contributed by atoms with Crippen molar-refractivity contribution in [3.63, 3.8) is 0 Å². The van der Waals surface area contributed by atoms with Crippen LogP contribution in [0.25, 0.3) is 0 Å². The maximum Gasteiger partial charge on any atom is 0.128 e. The zero-order valence-corrected chi connectivity index (χ0v) is 12.4. The van der Waals surface area contributed by atoms with E-state index in [1.807, 2.05) is 24.3 Å². The Morgan fingerprint density at radius 3 is 2.67 bits per heavy atom. The minimum Gasteiger partial charge on any atom is -0.497 e. The first kappa shape index (κ1) is 14.6. The Bertz CT molecular complexity index is 476. The van der Waals surface area contributed by atoms with Gasteiger partial charge in [-0.3, -0.25) is 4.90 Å². The third kappa shape index (κ3) is 3.00. The predicted octanol–water partition coefficient (Wildman–Crippen LogP) is 0.999. The third-order valence-corrected chi connectivity index (χ3v) is 4.56. The molecule has 1 aromatic rings. The van der Waals surface area contributed by atoms with E-state index in [0.29, 0.717) is 12.2 Å². The van der Waals surface area contributed by atoms with Gasteiger partial charge < -0.3 is 20.3 Å². The van der Waals surface area contributed by atoms with E-state index in [2.05, 4.69) is 4.90 Å². The van der Waals surface area contributed by atoms with Crippen molar-refractivity contribution >= 4 is 0 Å². The van der Waals surface area contributed by atoms with Crippen LogP contribution in [-0.2, 0) is 0 Å². The summed E-state index contributed by atoms with van der Waals surface area (Å²) in [6.45, 7) is 2.06. The van der Waals surface area contributed by atoms with Gasteiger partial charge >= 0.3 is 0 Å². The summed E-state index contributed by atoms with van der Waals surface area (Å²) in [6, 6.07) is 7.45. The molecule has 21 heavy (non-hydrogen) atoms. The first-order valence-corrected chi connectivity index (χ1v) is 7.67. The molecule has 0 aromatic heterocycles. The molecule has 0 bridgehead atoms. The van der Waals surface area contributed by atoms with E-state index in [1.54, 1.807) is 7.11 Å². The van der Waals surface area contributed by atoms with Gasteiger partial charge in [0.1, 0.15) is 23.7 Å². The molecular formula is C16H24N2O3. The number of hydrogen-bond acceptors (Lipinski definition) is 5. The average Bonchev–Trinajstić information content (AvgIpc) is 3.08. The van der Waals surface area contributed by atoms with Gasteiger partial charge in [-0.05, 0) is 38.1 Å². The molecular weight excluding hydrogens is 268 g/mol. The van der Waals surface area contributed by atoms with Gasteiger partial charge in [0.25, 0.3) is 0 Å². The number of aliphatic hydroxyl groups is 1. The van der Waals surface area contributed by atoms with Gasteiger partial charge in [-0.15, -0.1) is 0 Å². The fourth-order valence-electron chi connectivity index (χ4n) is 3.51. The van der Waals surface area contributed by atoms with E-state index in [-0.39, 0.29) is 18.2 Å². The Labute approximate surface area is 125 Å². The summed E-state index contributed by atoms with van der Waals surface area (Å²) < 4.78 is 11.1. The standard InChI is InChI=1S/C16H24N2O3/c1-20-11-5-4-6-12(9-11)21-14-10-13(17)15(16(14)19)18-7-2-3-8-18/h4-6,9,13-16,19H,2-3,7-8,10,17H2,1H3/t13-,14-,15+,16+/m1/s1. The monoisotopic (exact) mass is 292 g/mol. The molecule has 5 nitrogen and oxygen atoms in total. The molecule has 1 aliphatic carbocycles. The summed E-state index contributed by atoms with van der Waals surface area (Å²) in [5.74, 6) is 1.47. The summed E-state index contributed by atoms with van der Waals surface area (Å²) in [6.07, 6.45) is 2.27. The van der Waals surface area contributed by atoms with Crippen molar-refractivity contribution in [2.75, 3.05) is 20.2 Å². The quantitative estimate of drug-likeness (QED) is 0.866. The van der Waals surface area contributed by atoms with E-state index in [1.165, 1.54) is 12.8 Å². The van der Waals surface area contributed by atoms with Crippen molar-refractivity contribution in [2.45, 2.75) is 43.6 Å². The van der Waals surface area contributed by atoms with Gasteiger partial charge in [0, 0.05) is 18.5 Å². The van der Waals surface area contributed by atoms with Crippen LogP contribution in [0.5, 0.6) is 11.5 Å². The van der Waals surface area contributed by atoms with Gasteiger partial charge in [-0.2, -0.15) is 0 Å². The molecule has 0 spiro atoms. The number of nitrogens with two attached hydrogens (primary N) is 1. The topological polar surface area (TPSA) is 68.0 Å². The maximum atomic E-state index is 10.6. The molecule has 0 radical (unpaired) electrons. The van der Waals surface area contributed by atoms with Crippen LogP contribution in [0.15, 0.2) is 24.3 Å². The summed E-state index contributed by atoms with van der Waals surface area (Å²) in [5.41, 5.74) is 6.24. The molecule has 4 atom stereocenters. The SMILES string of the molecule is COc1cccc(O[C@@H]2C[C@@H](N)[C@H](N3CCCC3)[C@H]2O)c1. The van der Waals surface area contributed by atoms with E-state index in [0.717, 1.165) is 18.8 Å². The third-order valence-electron chi connectivity index (χ3n) is 4.56. The minimum absolute atomic E-state index is 0.0168. The molecule has 3 rings (SSSR count). The Kier molecular flexibility index (Phi) is 4.33. The highest BCUT2D eigenvalue weighted by Gasteiger charge is 2.45. The summed E-state index contributed by atoms with van der Waals surface area (Å²) in [4.78, 5) is 2.31. The number of ether oxygens (including phenoxy) is 2. The zero-order chi connectivity index (χ0) is 14.8. The van der Waals surface area contributed by atoms with Gasteiger partial charge in [0.15, 0.2) is 0 Å². The molecule has 5 heteroatoms. The molecule has 2 aliphatic rings. The highest BCUT2D eigenvalue weighted by atomic mass is 16.5. The molecule has 116 valence electrons. The van der Waals surface area contributed by atoms with E-state index < -0.39 is 6.10 Å². The van der Waals surface area contributed by atoms with Crippen molar-refractivity contribution in [1.29, 1.82) is 0 Å². The van der Waals surface area contributed by atoms with Crippen molar-refractivity contribution in [1.82, 2.24) is 4.90 Å². The maximum absolute atomic E-state index is 10.6. The molecule has 1 aliphatic heterocycles. The Balaban J connectivity index is 1.68. The Morgan fingerprint density at radius 1 is 1.24 bits per heavy atom. The van der Waals surface area contributed by atoms with Crippen LogP contribution in [0.1, 0.15) is 19.3 Å². The number of hydrogen-bond donors (Lipinski definition) is 2. The molecule has 1 saturated carbocycles. The number of methoxy groups -OCH3 is 1. The molecule has 1 saturated heterocycles. The van der Waals surface area contributed by atoms with E-state index >= 15 is 0 Å². The normalized spacial score (nSPS) is 33.3. The molecule has 3 N–H and O–H groups in total. The molecule has 1 aromatic carbocycles. The zero-order valence-electron chi connectivity index (χ0n) is 12.4. The second-order valence-corrected chi connectivity index (χ2v) is 5.96. The number of likely N-dealkylation sites (tertiary alicyclic amines) is 1. The molecule has 1 heterocycles. The smallest absolute Gasteiger partial charge is 0.128 e. The number of aliphatic hydroxyl groups excluding tert-OH is 1.